The van der Waals surface area contributed by atoms with Crippen LogP contribution in [0.5, 0.6) is 11.5 Å². The normalized spacial score (nSPS) is 15.9. The second-order valence-corrected chi connectivity index (χ2v) is 5.44. The fraction of sp³-hybridized carbons (Fsp3) is 0.625. The average molecular weight is 279 g/mol. The Balaban J connectivity index is 1.57. The van der Waals surface area contributed by atoms with Crippen LogP contribution in [-0.2, 0) is 4.74 Å². The van der Waals surface area contributed by atoms with Crippen molar-refractivity contribution in [3.63, 3.8) is 0 Å². The Morgan fingerprint density at radius 1 is 1.05 bits per heavy atom. The van der Waals surface area contributed by atoms with Crippen molar-refractivity contribution in [3.8, 4) is 11.5 Å². The van der Waals surface area contributed by atoms with Gasteiger partial charge in [-0.05, 0) is 48.9 Å². The molecule has 4 heteroatoms. The summed E-state index contributed by atoms with van der Waals surface area (Å²) >= 11 is 0. The molecule has 0 unspecified atom stereocenters. The lowest BCUT2D eigenvalue weighted by Crippen LogP contribution is -2.28. The molecule has 0 aliphatic heterocycles. The third-order valence-electron chi connectivity index (χ3n) is 3.90. The predicted octanol–water partition coefficient (Wildman–Crippen LogP) is 2.48. The maximum atomic E-state index is 5.68. The zero-order valence-electron chi connectivity index (χ0n) is 12.5. The number of nitrogens with one attached hydrogen (secondary N) is 1. The Labute approximate surface area is 121 Å². The second kappa shape index (κ2) is 7.50. The van der Waals surface area contributed by atoms with E-state index in [0.717, 1.165) is 37.6 Å². The zero-order chi connectivity index (χ0) is 14.3. The van der Waals surface area contributed by atoms with E-state index in [1.807, 2.05) is 24.3 Å². The highest BCUT2D eigenvalue weighted by Gasteiger charge is 2.41. The summed E-state index contributed by atoms with van der Waals surface area (Å²) in [7, 11) is 3.43. The number of rotatable bonds is 10. The van der Waals surface area contributed by atoms with E-state index < -0.39 is 0 Å². The molecule has 0 heterocycles. The Morgan fingerprint density at radius 3 is 2.35 bits per heavy atom. The molecular weight excluding hydrogens is 254 g/mol. The quantitative estimate of drug-likeness (QED) is 0.668. The summed E-state index contributed by atoms with van der Waals surface area (Å²) in [5, 5.41) is 3.48. The van der Waals surface area contributed by atoms with E-state index in [9.17, 15) is 0 Å². The molecule has 1 aliphatic carbocycles. The lowest BCUT2D eigenvalue weighted by atomic mass is 10.0. The van der Waals surface area contributed by atoms with Crippen LogP contribution < -0.4 is 14.8 Å². The highest BCUT2D eigenvalue weighted by atomic mass is 16.5. The molecule has 0 saturated heterocycles. The number of hydrogen-bond acceptors (Lipinski definition) is 4. The molecule has 0 bridgehead atoms. The van der Waals surface area contributed by atoms with Crippen molar-refractivity contribution in [1.82, 2.24) is 5.32 Å². The zero-order valence-corrected chi connectivity index (χ0v) is 12.5. The molecule has 1 aromatic rings. The highest BCUT2D eigenvalue weighted by molar-refractivity contribution is 5.31. The van der Waals surface area contributed by atoms with Gasteiger partial charge >= 0.3 is 0 Å². The van der Waals surface area contributed by atoms with Crippen LogP contribution >= 0.6 is 0 Å². The van der Waals surface area contributed by atoms with E-state index in [2.05, 4.69) is 5.32 Å². The van der Waals surface area contributed by atoms with Crippen molar-refractivity contribution in [3.05, 3.63) is 24.3 Å². The van der Waals surface area contributed by atoms with E-state index in [4.69, 9.17) is 14.2 Å². The fourth-order valence-electron chi connectivity index (χ4n) is 2.28. The molecule has 1 saturated carbocycles. The maximum absolute atomic E-state index is 5.68. The first-order chi connectivity index (χ1) is 9.78. The lowest BCUT2D eigenvalue weighted by molar-refractivity contribution is 0.170. The van der Waals surface area contributed by atoms with Crippen LogP contribution in [-0.4, -0.2) is 40.5 Å². The third-order valence-corrected chi connectivity index (χ3v) is 3.90. The summed E-state index contributed by atoms with van der Waals surface area (Å²) in [5.74, 6) is 1.73. The first-order valence-corrected chi connectivity index (χ1v) is 7.24. The average Bonchev–Trinajstić information content (AvgIpc) is 3.26. The summed E-state index contributed by atoms with van der Waals surface area (Å²) < 4.78 is 15.9. The molecule has 112 valence electrons. The van der Waals surface area contributed by atoms with Gasteiger partial charge in [-0.2, -0.15) is 0 Å². The van der Waals surface area contributed by atoms with Gasteiger partial charge < -0.3 is 19.5 Å². The van der Waals surface area contributed by atoms with Gasteiger partial charge in [0.05, 0.1) is 7.11 Å². The van der Waals surface area contributed by atoms with Crippen molar-refractivity contribution >= 4 is 0 Å². The number of ether oxygens (including phenoxy) is 3. The minimum atomic E-state index is 0.496. The molecule has 1 aliphatic rings. The number of methoxy groups -OCH3 is 2. The van der Waals surface area contributed by atoms with Crippen LogP contribution in [0, 0.1) is 5.41 Å². The molecule has 0 spiro atoms. The Morgan fingerprint density at radius 2 is 1.75 bits per heavy atom. The van der Waals surface area contributed by atoms with E-state index in [1.165, 1.54) is 12.8 Å². The molecule has 4 nitrogen and oxygen atoms in total. The summed E-state index contributed by atoms with van der Waals surface area (Å²) in [5.41, 5.74) is 0.496. The van der Waals surface area contributed by atoms with Crippen LogP contribution in [0.1, 0.15) is 19.3 Å². The number of hydrogen-bond donors (Lipinski definition) is 1. The van der Waals surface area contributed by atoms with Gasteiger partial charge in [-0.3, -0.25) is 0 Å². The topological polar surface area (TPSA) is 39.7 Å². The van der Waals surface area contributed by atoms with E-state index in [1.54, 1.807) is 14.2 Å². The van der Waals surface area contributed by atoms with Gasteiger partial charge in [-0.15, -0.1) is 0 Å². The first kappa shape index (κ1) is 15.1. The standard InChI is InChI=1S/C16H25NO3/c1-18-11-9-16(7-8-16)13-17-10-12-20-15-5-3-14(19-2)4-6-15/h3-6,17H,7-13H2,1-2H3. The summed E-state index contributed by atoms with van der Waals surface area (Å²) in [6, 6.07) is 7.68. The largest absolute Gasteiger partial charge is 0.497 e. The maximum Gasteiger partial charge on any atom is 0.119 e. The molecule has 0 aromatic heterocycles. The van der Waals surface area contributed by atoms with Crippen LogP contribution in [0.4, 0.5) is 0 Å². The van der Waals surface area contributed by atoms with E-state index >= 15 is 0 Å². The molecule has 1 aromatic carbocycles. The minimum absolute atomic E-state index is 0.496. The summed E-state index contributed by atoms with van der Waals surface area (Å²) in [6.45, 7) is 3.50. The molecule has 2 rings (SSSR count). The van der Waals surface area contributed by atoms with Gasteiger partial charge in [0.25, 0.3) is 0 Å². The molecular formula is C16H25NO3. The van der Waals surface area contributed by atoms with Crippen LogP contribution in [0.3, 0.4) is 0 Å². The predicted molar refractivity (Wildman–Crippen MR) is 79.5 cm³/mol. The lowest BCUT2D eigenvalue weighted by Gasteiger charge is -2.15. The SMILES string of the molecule is COCCC1(CNCCOc2ccc(OC)cc2)CC1. The van der Waals surface area contributed by atoms with Crippen LogP contribution in [0.15, 0.2) is 24.3 Å². The van der Waals surface area contributed by atoms with Crippen LogP contribution in [0.2, 0.25) is 0 Å². The summed E-state index contributed by atoms with van der Waals surface area (Å²) in [6.07, 6.45) is 3.81. The first-order valence-electron chi connectivity index (χ1n) is 7.24. The van der Waals surface area contributed by atoms with Gasteiger partial charge in [0, 0.05) is 26.8 Å². The van der Waals surface area contributed by atoms with Crippen molar-refractivity contribution < 1.29 is 14.2 Å². The fourth-order valence-corrected chi connectivity index (χ4v) is 2.28. The molecule has 1 N–H and O–H groups in total. The van der Waals surface area contributed by atoms with Gasteiger partial charge in [0.1, 0.15) is 18.1 Å². The molecule has 1 fully saturated rings. The van der Waals surface area contributed by atoms with Crippen molar-refractivity contribution in [2.45, 2.75) is 19.3 Å². The molecule has 0 atom stereocenters. The molecule has 0 amide bonds. The Bertz CT molecular complexity index is 387. The monoisotopic (exact) mass is 279 g/mol. The van der Waals surface area contributed by atoms with E-state index in [0.29, 0.717) is 12.0 Å². The minimum Gasteiger partial charge on any atom is -0.497 e. The number of benzene rings is 1. The van der Waals surface area contributed by atoms with E-state index in [-0.39, 0.29) is 0 Å². The highest BCUT2D eigenvalue weighted by Crippen LogP contribution is 2.48. The second-order valence-electron chi connectivity index (χ2n) is 5.44. The Hall–Kier alpha value is -1.26. The van der Waals surface area contributed by atoms with Gasteiger partial charge in [-0.1, -0.05) is 0 Å². The van der Waals surface area contributed by atoms with Gasteiger partial charge in [-0.25, -0.2) is 0 Å². The molecule has 0 radical (unpaired) electrons. The third kappa shape index (κ3) is 4.69. The molecule has 20 heavy (non-hydrogen) atoms. The van der Waals surface area contributed by atoms with Crippen LogP contribution in [0.25, 0.3) is 0 Å². The van der Waals surface area contributed by atoms with Crippen molar-refractivity contribution in [2.75, 3.05) is 40.5 Å². The van der Waals surface area contributed by atoms with Crippen molar-refractivity contribution in [2.24, 2.45) is 5.41 Å². The van der Waals surface area contributed by atoms with Gasteiger partial charge in [0.2, 0.25) is 0 Å². The Kier molecular flexibility index (Phi) is 5.68. The van der Waals surface area contributed by atoms with Crippen molar-refractivity contribution in [1.29, 1.82) is 0 Å². The van der Waals surface area contributed by atoms with Gasteiger partial charge in [0.15, 0.2) is 0 Å². The smallest absolute Gasteiger partial charge is 0.119 e. The summed E-state index contributed by atoms with van der Waals surface area (Å²) in [4.78, 5) is 0.